The summed E-state index contributed by atoms with van der Waals surface area (Å²) in [5.41, 5.74) is 2.23. The minimum atomic E-state index is -0.0572. The number of benzene rings is 1. The topological polar surface area (TPSA) is 58.0 Å². The number of nitrogens with zero attached hydrogens (tertiary/aromatic N) is 1. The van der Waals surface area contributed by atoms with Crippen LogP contribution in [0.3, 0.4) is 0 Å². The van der Waals surface area contributed by atoms with Crippen LogP contribution in [0.1, 0.15) is 11.3 Å². The van der Waals surface area contributed by atoms with Gasteiger partial charge in [-0.25, -0.2) is 4.68 Å². The van der Waals surface area contributed by atoms with Crippen molar-refractivity contribution in [2.24, 2.45) is 0 Å². The van der Waals surface area contributed by atoms with E-state index in [2.05, 4.69) is 5.10 Å². The van der Waals surface area contributed by atoms with E-state index in [9.17, 15) is 4.79 Å². The number of aromatic amines is 1. The first-order valence-corrected chi connectivity index (χ1v) is 4.67. The first-order valence-electron chi connectivity index (χ1n) is 4.67. The fraction of sp³-hybridized carbons (Fsp3) is 0.182. The van der Waals surface area contributed by atoms with Gasteiger partial charge in [0.1, 0.15) is 5.75 Å². The number of phenolic OH excluding ortho intramolecular Hbond substituents is 1. The molecule has 1 aromatic heterocycles. The van der Waals surface area contributed by atoms with Crippen LogP contribution in [-0.2, 0) is 0 Å². The van der Waals surface area contributed by atoms with E-state index in [1.807, 2.05) is 6.92 Å². The molecule has 1 aromatic carbocycles. The molecule has 0 radical (unpaired) electrons. The van der Waals surface area contributed by atoms with Crippen LogP contribution < -0.4 is 5.56 Å². The molecular weight excluding hydrogens is 192 g/mol. The molecule has 2 rings (SSSR count). The third kappa shape index (κ3) is 1.54. The second-order valence-corrected chi connectivity index (χ2v) is 3.52. The van der Waals surface area contributed by atoms with Crippen molar-refractivity contribution in [2.75, 3.05) is 0 Å². The van der Waals surface area contributed by atoms with E-state index in [4.69, 9.17) is 5.11 Å². The van der Waals surface area contributed by atoms with Gasteiger partial charge in [-0.1, -0.05) is 0 Å². The van der Waals surface area contributed by atoms with Crippen LogP contribution in [0, 0.1) is 13.8 Å². The van der Waals surface area contributed by atoms with Crippen molar-refractivity contribution >= 4 is 0 Å². The Hall–Kier alpha value is -1.97. The molecule has 2 N–H and O–H groups in total. The Balaban J connectivity index is 2.59. The van der Waals surface area contributed by atoms with E-state index < -0.39 is 0 Å². The summed E-state index contributed by atoms with van der Waals surface area (Å²) in [4.78, 5) is 11.7. The van der Waals surface area contributed by atoms with Gasteiger partial charge in [-0.05, 0) is 38.1 Å². The van der Waals surface area contributed by atoms with Crippen LogP contribution >= 0.6 is 0 Å². The lowest BCUT2D eigenvalue weighted by Crippen LogP contribution is -2.15. The number of aromatic nitrogens is 2. The molecule has 1 heterocycles. The fourth-order valence-corrected chi connectivity index (χ4v) is 1.41. The van der Waals surface area contributed by atoms with Gasteiger partial charge in [0.2, 0.25) is 0 Å². The monoisotopic (exact) mass is 204 g/mol. The van der Waals surface area contributed by atoms with Crippen molar-refractivity contribution in [3.63, 3.8) is 0 Å². The fourth-order valence-electron chi connectivity index (χ4n) is 1.41. The Kier molecular flexibility index (Phi) is 2.11. The Morgan fingerprint density at radius 2 is 1.80 bits per heavy atom. The molecule has 0 aliphatic heterocycles. The SMILES string of the molecule is Cc1[nH]n(-c2ccc(O)cc2)c(=O)c1C. The van der Waals surface area contributed by atoms with Crippen molar-refractivity contribution in [3.8, 4) is 11.4 Å². The van der Waals surface area contributed by atoms with Crippen molar-refractivity contribution in [2.45, 2.75) is 13.8 Å². The van der Waals surface area contributed by atoms with Crippen LogP contribution in [0.2, 0.25) is 0 Å². The van der Waals surface area contributed by atoms with E-state index in [1.165, 1.54) is 4.68 Å². The Labute approximate surface area is 86.8 Å². The zero-order valence-corrected chi connectivity index (χ0v) is 8.61. The molecule has 0 spiro atoms. The molecule has 0 fully saturated rings. The molecule has 15 heavy (non-hydrogen) atoms. The normalized spacial score (nSPS) is 10.5. The summed E-state index contributed by atoms with van der Waals surface area (Å²) in [7, 11) is 0. The summed E-state index contributed by atoms with van der Waals surface area (Å²) in [6.45, 7) is 3.64. The van der Waals surface area contributed by atoms with E-state index >= 15 is 0 Å². The van der Waals surface area contributed by atoms with Gasteiger partial charge < -0.3 is 5.11 Å². The van der Waals surface area contributed by atoms with Crippen LogP contribution in [0.4, 0.5) is 0 Å². The Morgan fingerprint density at radius 3 is 2.27 bits per heavy atom. The molecule has 0 amide bonds. The highest BCUT2D eigenvalue weighted by Gasteiger charge is 2.07. The van der Waals surface area contributed by atoms with Crippen molar-refractivity contribution in [1.29, 1.82) is 0 Å². The number of aromatic hydroxyl groups is 1. The lowest BCUT2D eigenvalue weighted by molar-refractivity contribution is 0.475. The molecule has 0 saturated heterocycles. The zero-order valence-electron chi connectivity index (χ0n) is 8.61. The van der Waals surface area contributed by atoms with E-state index in [-0.39, 0.29) is 11.3 Å². The summed E-state index contributed by atoms with van der Waals surface area (Å²) >= 11 is 0. The number of H-pyrrole nitrogens is 1. The van der Waals surface area contributed by atoms with Gasteiger partial charge in [-0.2, -0.15) is 0 Å². The average molecular weight is 204 g/mol. The smallest absolute Gasteiger partial charge is 0.274 e. The van der Waals surface area contributed by atoms with Gasteiger partial charge in [0, 0.05) is 11.3 Å². The number of aryl methyl sites for hydroxylation is 1. The minimum absolute atomic E-state index is 0.0572. The number of phenols is 1. The van der Waals surface area contributed by atoms with Gasteiger partial charge in [0.25, 0.3) is 5.56 Å². The Bertz CT molecular complexity index is 535. The second kappa shape index (κ2) is 3.31. The van der Waals surface area contributed by atoms with Crippen LogP contribution in [-0.4, -0.2) is 14.9 Å². The standard InChI is InChI=1S/C11H12N2O2/c1-7-8(2)12-13(11(7)15)9-3-5-10(14)6-4-9/h3-6,12,14H,1-2H3. The molecule has 0 atom stereocenters. The van der Waals surface area contributed by atoms with Gasteiger partial charge in [-0.15, -0.1) is 0 Å². The lowest BCUT2D eigenvalue weighted by atomic mass is 10.3. The summed E-state index contributed by atoms with van der Waals surface area (Å²) in [6, 6.07) is 6.47. The van der Waals surface area contributed by atoms with Gasteiger partial charge in [0.15, 0.2) is 0 Å². The first kappa shape index (κ1) is 9.58. The molecule has 0 bridgehead atoms. The van der Waals surface area contributed by atoms with Gasteiger partial charge in [-0.3, -0.25) is 9.89 Å². The first-order chi connectivity index (χ1) is 7.09. The summed E-state index contributed by atoms with van der Waals surface area (Å²) in [6.07, 6.45) is 0. The van der Waals surface area contributed by atoms with Crippen LogP contribution in [0.15, 0.2) is 29.1 Å². The number of rotatable bonds is 1. The molecule has 78 valence electrons. The predicted molar refractivity (Wildman–Crippen MR) is 57.5 cm³/mol. The zero-order chi connectivity index (χ0) is 11.0. The number of hydrogen-bond acceptors (Lipinski definition) is 2. The minimum Gasteiger partial charge on any atom is -0.508 e. The summed E-state index contributed by atoms with van der Waals surface area (Å²) in [5, 5.41) is 12.1. The maximum Gasteiger partial charge on any atom is 0.274 e. The van der Waals surface area contributed by atoms with Crippen LogP contribution in [0.5, 0.6) is 5.75 Å². The molecule has 4 heteroatoms. The van der Waals surface area contributed by atoms with Gasteiger partial charge in [0.05, 0.1) is 5.69 Å². The molecule has 2 aromatic rings. The lowest BCUT2D eigenvalue weighted by Gasteiger charge is -2.00. The number of nitrogens with one attached hydrogen (secondary N) is 1. The predicted octanol–water partition coefficient (Wildman–Crippen LogP) is 1.49. The quantitative estimate of drug-likeness (QED) is 0.739. The molecule has 0 saturated carbocycles. The van der Waals surface area contributed by atoms with Crippen molar-refractivity contribution in [1.82, 2.24) is 9.78 Å². The van der Waals surface area contributed by atoms with Gasteiger partial charge >= 0.3 is 0 Å². The number of hydrogen-bond donors (Lipinski definition) is 2. The second-order valence-electron chi connectivity index (χ2n) is 3.52. The van der Waals surface area contributed by atoms with E-state index in [0.29, 0.717) is 11.3 Å². The third-order valence-corrected chi connectivity index (χ3v) is 2.47. The third-order valence-electron chi connectivity index (χ3n) is 2.47. The molecule has 0 aliphatic carbocycles. The molecule has 0 aliphatic rings. The highest BCUT2D eigenvalue weighted by molar-refractivity contribution is 5.37. The summed E-state index contributed by atoms with van der Waals surface area (Å²) < 4.78 is 1.46. The largest absolute Gasteiger partial charge is 0.508 e. The highest BCUT2D eigenvalue weighted by atomic mass is 16.3. The average Bonchev–Trinajstić information content (AvgIpc) is 2.47. The summed E-state index contributed by atoms with van der Waals surface area (Å²) in [5.74, 6) is 0.187. The van der Waals surface area contributed by atoms with Crippen molar-refractivity contribution in [3.05, 3.63) is 45.9 Å². The van der Waals surface area contributed by atoms with E-state index in [1.54, 1.807) is 31.2 Å². The maximum atomic E-state index is 11.7. The molecule has 4 nitrogen and oxygen atoms in total. The van der Waals surface area contributed by atoms with Crippen molar-refractivity contribution < 1.29 is 5.11 Å². The van der Waals surface area contributed by atoms with E-state index in [0.717, 1.165) is 5.69 Å². The molecular formula is C11H12N2O2. The maximum absolute atomic E-state index is 11.7. The van der Waals surface area contributed by atoms with Crippen LogP contribution in [0.25, 0.3) is 5.69 Å². The molecule has 0 unspecified atom stereocenters. The highest BCUT2D eigenvalue weighted by Crippen LogP contribution is 2.12. The Morgan fingerprint density at radius 1 is 1.20 bits per heavy atom.